The normalized spacial score (nSPS) is 10.5. The van der Waals surface area contributed by atoms with Gasteiger partial charge in [-0.15, -0.1) is 0 Å². The average molecular weight is 516 g/mol. The molecular formula is C24H20BrClN2O4. The molecule has 1 amide bonds. The number of halogens is 2. The summed E-state index contributed by atoms with van der Waals surface area (Å²) in [5.74, 6) is -1.61. The zero-order chi connectivity index (χ0) is 23.3. The quantitative estimate of drug-likeness (QED) is 0.311. The van der Waals surface area contributed by atoms with Crippen molar-refractivity contribution < 1.29 is 19.5 Å². The first-order valence-electron chi connectivity index (χ1n) is 9.72. The van der Waals surface area contributed by atoms with Crippen molar-refractivity contribution in [3.63, 3.8) is 0 Å². The Kier molecular flexibility index (Phi) is 7.66. The van der Waals surface area contributed by atoms with Gasteiger partial charge in [0.2, 0.25) is 5.91 Å². The molecule has 0 aliphatic rings. The van der Waals surface area contributed by atoms with Gasteiger partial charge < -0.3 is 15.7 Å². The number of benzene rings is 3. The van der Waals surface area contributed by atoms with E-state index in [9.17, 15) is 14.4 Å². The highest BCUT2D eigenvalue weighted by Crippen LogP contribution is 2.31. The monoisotopic (exact) mass is 514 g/mol. The van der Waals surface area contributed by atoms with Gasteiger partial charge in [0.05, 0.1) is 22.8 Å². The Morgan fingerprint density at radius 1 is 0.938 bits per heavy atom. The van der Waals surface area contributed by atoms with Gasteiger partial charge in [0, 0.05) is 27.7 Å². The number of anilines is 3. The van der Waals surface area contributed by atoms with Gasteiger partial charge in [-0.05, 0) is 48.9 Å². The molecule has 0 spiro atoms. The fourth-order valence-electron chi connectivity index (χ4n) is 3.07. The van der Waals surface area contributed by atoms with Crippen LogP contribution in [0.3, 0.4) is 0 Å². The first-order chi connectivity index (χ1) is 15.2. The minimum absolute atomic E-state index is 0.136. The number of carbonyl (C=O) groups is 3. The molecule has 164 valence electrons. The third kappa shape index (κ3) is 5.96. The maximum atomic E-state index is 12.9. The molecule has 0 heterocycles. The summed E-state index contributed by atoms with van der Waals surface area (Å²) in [6.07, 6.45) is -0.391. The molecule has 0 atom stereocenters. The van der Waals surface area contributed by atoms with Crippen LogP contribution in [0.1, 0.15) is 34.3 Å². The lowest BCUT2D eigenvalue weighted by Crippen LogP contribution is -2.14. The lowest BCUT2D eigenvalue weighted by molar-refractivity contribution is -0.138. The SMILES string of the molecule is Cc1ccccc1C(=O)c1ccc(Nc2ccc(Br)cc2NC(=O)CCC(=O)O)cc1Cl. The van der Waals surface area contributed by atoms with Crippen LogP contribution in [0.2, 0.25) is 5.02 Å². The second kappa shape index (κ2) is 10.4. The van der Waals surface area contributed by atoms with Gasteiger partial charge >= 0.3 is 5.97 Å². The summed E-state index contributed by atoms with van der Waals surface area (Å²) in [5, 5.41) is 15.0. The number of rotatable bonds is 8. The van der Waals surface area contributed by atoms with Crippen molar-refractivity contribution in [3.8, 4) is 0 Å². The van der Waals surface area contributed by atoms with Gasteiger partial charge in [0.15, 0.2) is 5.78 Å². The summed E-state index contributed by atoms with van der Waals surface area (Å²) >= 11 is 9.79. The summed E-state index contributed by atoms with van der Waals surface area (Å²) < 4.78 is 0.744. The number of ketones is 1. The van der Waals surface area contributed by atoms with Gasteiger partial charge in [0.1, 0.15) is 0 Å². The Hall–Kier alpha value is -3.16. The van der Waals surface area contributed by atoms with Crippen LogP contribution in [-0.4, -0.2) is 22.8 Å². The topological polar surface area (TPSA) is 95.5 Å². The highest BCUT2D eigenvalue weighted by molar-refractivity contribution is 9.10. The highest BCUT2D eigenvalue weighted by Gasteiger charge is 2.16. The summed E-state index contributed by atoms with van der Waals surface area (Å²) in [7, 11) is 0. The van der Waals surface area contributed by atoms with Crippen LogP contribution in [0.25, 0.3) is 0 Å². The Morgan fingerprint density at radius 3 is 2.38 bits per heavy atom. The minimum Gasteiger partial charge on any atom is -0.481 e. The number of nitrogens with one attached hydrogen (secondary N) is 2. The standard InChI is InChI=1S/C24H20BrClN2O4/c1-14-4-2-3-5-17(14)24(32)18-8-7-16(13-19(18)26)27-20-9-6-15(25)12-21(20)28-22(29)10-11-23(30)31/h2-9,12-13,27H,10-11H2,1H3,(H,28,29)(H,30,31). The smallest absolute Gasteiger partial charge is 0.303 e. The second-order valence-corrected chi connectivity index (χ2v) is 8.42. The number of hydrogen-bond donors (Lipinski definition) is 3. The van der Waals surface area contributed by atoms with E-state index >= 15 is 0 Å². The van der Waals surface area contributed by atoms with E-state index in [1.54, 1.807) is 42.5 Å². The number of carbonyl (C=O) groups excluding carboxylic acids is 2. The number of amides is 1. The third-order valence-corrected chi connectivity index (χ3v) is 5.51. The van der Waals surface area contributed by atoms with Crippen LogP contribution < -0.4 is 10.6 Å². The van der Waals surface area contributed by atoms with Crippen LogP contribution in [0.15, 0.2) is 65.1 Å². The molecule has 0 aromatic heterocycles. The molecular weight excluding hydrogens is 496 g/mol. The fourth-order valence-corrected chi connectivity index (χ4v) is 3.69. The fraction of sp³-hybridized carbons (Fsp3) is 0.125. The van der Waals surface area contributed by atoms with Crippen molar-refractivity contribution in [1.82, 2.24) is 0 Å². The zero-order valence-corrected chi connectivity index (χ0v) is 19.5. The van der Waals surface area contributed by atoms with Crippen LogP contribution in [0.4, 0.5) is 17.1 Å². The Balaban J connectivity index is 1.81. The molecule has 0 aliphatic carbocycles. The molecule has 0 aliphatic heterocycles. The van der Waals surface area contributed by atoms with Crippen molar-refractivity contribution in [3.05, 3.63) is 86.8 Å². The number of aryl methyl sites for hydroxylation is 1. The molecule has 6 nitrogen and oxygen atoms in total. The first kappa shape index (κ1) is 23.5. The van der Waals surface area contributed by atoms with Crippen LogP contribution >= 0.6 is 27.5 Å². The molecule has 8 heteroatoms. The zero-order valence-electron chi connectivity index (χ0n) is 17.1. The predicted molar refractivity (Wildman–Crippen MR) is 129 cm³/mol. The molecule has 3 aromatic rings. The molecule has 0 fully saturated rings. The van der Waals surface area contributed by atoms with Crippen molar-refractivity contribution in [1.29, 1.82) is 0 Å². The average Bonchev–Trinajstić information content (AvgIpc) is 2.74. The third-order valence-electron chi connectivity index (χ3n) is 4.70. The van der Waals surface area contributed by atoms with Crippen LogP contribution in [0, 0.1) is 6.92 Å². The number of carboxylic acid groups (broad SMARTS) is 1. The highest BCUT2D eigenvalue weighted by atomic mass is 79.9. The van der Waals surface area contributed by atoms with Crippen LogP contribution in [0.5, 0.6) is 0 Å². The molecule has 32 heavy (non-hydrogen) atoms. The number of hydrogen-bond acceptors (Lipinski definition) is 4. The molecule has 3 rings (SSSR count). The van der Waals surface area contributed by atoms with Crippen molar-refractivity contribution in [2.75, 3.05) is 10.6 Å². The van der Waals surface area contributed by atoms with Gasteiger partial charge in [-0.1, -0.05) is 51.8 Å². The summed E-state index contributed by atoms with van der Waals surface area (Å²) in [4.78, 5) is 35.7. The Morgan fingerprint density at radius 2 is 1.69 bits per heavy atom. The molecule has 0 radical (unpaired) electrons. The maximum absolute atomic E-state index is 12.9. The molecule has 0 saturated carbocycles. The summed E-state index contributed by atoms with van der Waals surface area (Å²) in [6, 6.07) is 17.6. The van der Waals surface area contributed by atoms with E-state index in [2.05, 4.69) is 26.6 Å². The van der Waals surface area contributed by atoms with Gasteiger partial charge in [-0.2, -0.15) is 0 Å². The molecule has 3 aromatic carbocycles. The number of carboxylic acids is 1. The van der Waals surface area contributed by atoms with Gasteiger partial charge in [0.25, 0.3) is 0 Å². The lowest BCUT2D eigenvalue weighted by atomic mass is 9.99. The molecule has 0 unspecified atom stereocenters. The largest absolute Gasteiger partial charge is 0.481 e. The van der Waals surface area contributed by atoms with E-state index in [0.29, 0.717) is 33.2 Å². The maximum Gasteiger partial charge on any atom is 0.303 e. The predicted octanol–water partition coefficient (Wildman–Crippen LogP) is 6.19. The van der Waals surface area contributed by atoms with Crippen molar-refractivity contribution in [2.45, 2.75) is 19.8 Å². The lowest BCUT2D eigenvalue weighted by Gasteiger charge is -2.15. The van der Waals surface area contributed by atoms with E-state index in [1.807, 2.05) is 25.1 Å². The first-order valence-corrected chi connectivity index (χ1v) is 10.9. The minimum atomic E-state index is -1.04. The van der Waals surface area contributed by atoms with E-state index < -0.39 is 11.9 Å². The van der Waals surface area contributed by atoms with Crippen molar-refractivity contribution >= 4 is 62.3 Å². The Bertz CT molecular complexity index is 1200. The second-order valence-electron chi connectivity index (χ2n) is 7.10. The van der Waals surface area contributed by atoms with Crippen molar-refractivity contribution in [2.24, 2.45) is 0 Å². The molecule has 0 bridgehead atoms. The number of aliphatic carboxylic acids is 1. The van der Waals surface area contributed by atoms with Gasteiger partial charge in [-0.3, -0.25) is 14.4 Å². The molecule has 0 saturated heterocycles. The van der Waals surface area contributed by atoms with E-state index in [0.717, 1.165) is 10.0 Å². The summed E-state index contributed by atoms with van der Waals surface area (Å²) in [5.41, 5.74) is 3.55. The van der Waals surface area contributed by atoms with Gasteiger partial charge in [-0.25, -0.2) is 0 Å². The van der Waals surface area contributed by atoms with E-state index in [-0.39, 0.29) is 18.6 Å². The van der Waals surface area contributed by atoms with Crippen LogP contribution in [-0.2, 0) is 9.59 Å². The molecule has 3 N–H and O–H groups in total. The van der Waals surface area contributed by atoms with E-state index in [1.165, 1.54) is 0 Å². The Labute approximate surface area is 198 Å². The summed E-state index contributed by atoms with van der Waals surface area (Å²) in [6.45, 7) is 1.87. The van der Waals surface area contributed by atoms with E-state index in [4.69, 9.17) is 16.7 Å².